The van der Waals surface area contributed by atoms with E-state index in [0.29, 0.717) is 17.9 Å². The molecule has 0 spiro atoms. The monoisotopic (exact) mass is 315 g/mol. The molecule has 0 saturated heterocycles. The van der Waals surface area contributed by atoms with Crippen molar-refractivity contribution in [2.24, 2.45) is 0 Å². The van der Waals surface area contributed by atoms with Crippen LogP contribution in [0.4, 0.5) is 0 Å². The molecule has 0 radical (unpaired) electrons. The highest BCUT2D eigenvalue weighted by molar-refractivity contribution is 7.89. The van der Waals surface area contributed by atoms with Gasteiger partial charge < -0.3 is 9.84 Å². The van der Waals surface area contributed by atoms with E-state index < -0.39 is 10.0 Å². The summed E-state index contributed by atoms with van der Waals surface area (Å²) in [6, 6.07) is 4.76. The molecule has 0 saturated carbocycles. The molecule has 0 fully saturated rings. The lowest BCUT2D eigenvalue weighted by Gasteiger charge is -2.26. The van der Waals surface area contributed by atoms with Gasteiger partial charge in [0, 0.05) is 19.2 Å². The van der Waals surface area contributed by atoms with E-state index in [1.165, 1.54) is 11.4 Å². The average molecular weight is 315 g/mol. The fourth-order valence-electron chi connectivity index (χ4n) is 2.25. The van der Waals surface area contributed by atoms with Crippen molar-refractivity contribution in [2.45, 2.75) is 44.6 Å². The van der Waals surface area contributed by atoms with E-state index in [-0.39, 0.29) is 24.0 Å². The summed E-state index contributed by atoms with van der Waals surface area (Å²) >= 11 is 0. The Bertz CT molecular complexity index is 555. The first-order valence-electron chi connectivity index (χ1n) is 7.18. The van der Waals surface area contributed by atoms with Crippen LogP contribution >= 0.6 is 0 Å². The van der Waals surface area contributed by atoms with Crippen molar-refractivity contribution in [3.63, 3.8) is 0 Å². The van der Waals surface area contributed by atoms with Crippen LogP contribution in [-0.2, 0) is 16.4 Å². The maximum absolute atomic E-state index is 12.9. The van der Waals surface area contributed by atoms with Gasteiger partial charge in [0.1, 0.15) is 5.75 Å². The van der Waals surface area contributed by atoms with Crippen molar-refractivity contribution in [2.75, 3.05) is 20.3 Å². The first-order chi connectivity index (χ1) is 9.88. The minimum atomic E-state index is -3.57. The van der Waals surface area contributed by atoms with Crippen LogP contribution in [0.5, 0.6) is 5.75 Å². The molecule has 0 aromatic heterocycles. The van der Waals surface area contributed by atoms with Gasteiger partial charge >= 0.3 is 0 Å². The molecule has 0 unspecified atom stereocenters. The first kappa shape index (κ1) is 17.9. The fourth-order valence-corrected chi connectivity index (χ4v) is 4.22. The van der Waals surface area contributed by atoms with Gasteiger partial charge in [-0.05, 0) is 50.5 Å². The van der Waals surface area contributed by atoms with Gasteiger partial charge in [0.05, 0.1) is 12.0 Å². The summed E-state index contributed by atoms with van der Waals surface area (Å²) < 4.78 is 32.4. The fraction of sp³-hybridized carbons (Fsp3) is 0.600. The van der Waals surface area contributed by atoms with Crippen molar-refractivity contribution < 1.29 is 18.3 Å². The minimum Gasteiger partial charge on any atom is -0.497 e. The zero-order valence-corrected chi connectivity index (χ0v) is 14.0. The van der Waals surface area contributed by atoms with Crippen LogP contribution in [0.2, 0.25) is 0 Å². The number of hydrogen-bond donors (Lipinski definition) is 1. The van der Waals surface area contributed by atoms with Crippen LogP contribution in [0.1, 0.15) is 32.8 Å². The lowest BCUT2D eigenvalue weighted by molar-refractivity contribution is 0.298. The highest BCUT2D eigenvalue weighted by Crippen LogP contribution is 2.26. The number of benzene rings is 1. The van der Waals surface area contributed by atoms with Crippen molar-refractivity contribution in [3.05, 3.63) is 23.8 Å². The number of hydrogen-bond acceptors (Lipinski definition) is 4. The molecule has 1 N–H and O–H groups in total. The molecule has 1 rings (SSSR count). The van der Waals surface area contributed by atoms with Crippen molar-refractivity contribution in [1.29, 1.82) is 0 Å². The second-order valence-corrected chi connectivity index (χ2v) is 7.02. The topological polar surface area (TPSA) is 66.8 Å². The molecule has 5 nitrogen and oxygen atoms in total. The summed E-state index contributed by atoms with van der Waals surface area (Å²) in [5.74, 6) is 0.587. The molecule has 0 aliphatic carbocycles. The molecule has 6 heteroatoms. The summed E-state index contributed by atoms with van der Waals surface area (Å²) in [6.45, 7) is 6.05. The Labute approximate surface area is 127 Å². The average Bonchev–Trinajstić information content (AvgIpc) is 2.44. The highest BCUT2D eigenvalue weighted by atomic mass is 32.2. The zero-order chi connectivity index (χ0) is 16.0. The summed E-state index contributed by atoms with van der Waals surface area (Å²) in [7, 11) is -2.04. The number of ether oxygens (including phenoxy) is 1. The number of aliphatic hydroxyl groups excluding tert-OH is 1. The van der Waals surface area contributed by atoms with E-state index in [4.69, 9.17) is 4.74 Å². The number of sulfonamides is 1. The molecule has 0 heterocycles. The smallest absolute Gasteiger partial charge is 0.243 e. The van der Waals surface area contributed by atoms with Crippen LogP contribution in [0.15, 0.2) is 23.1 Å². The molecule has 1 aromatic rings. The number of aliphatic hydroxyl groups is 1. The summed E-state index contributed by atoms with van der Waals surface area (Å²) in [5.41, 5.74) is 0.582. The summed E-state index contributed by atoms with van der Waals surface area (Å²) in [6.07, 6.45) is 1.03. The molecule has 0 aliphatic heterocycles. The van der Waals surface area contributed by atoms with Crippen LogP contribution < -0.4 is 4.74 Å². The third kappa shape index (κ3) is 4.18. The van der Waals surface area contributed by atoms with E-state index in [1.807, 2.05) is 20.8 Å². The van der Waals surface area contributed by atoms with E-state index in [0.717, 1.165) is 6.42 Å². The molecule has 120 valence electrons. The third-order valence-corrected chi connectivity index (χ3v) is 5.43. The van der Waals surface area contributed by atoms with Gasteiger partial charge in [0.2, 0.25) is 10.0 Å². The van der Waals surface area contributed by atoms with Crippen molar-refractivity contribution in [3.8, 4) is 5.75 Å². The molecule has 0 aliphatic rings. The molecular weight excluding hydrogens is 290 g/mol. The van der Waals surface area contributed by atoms with Gasteiger partial charge in [0.15, 0.2) is 0 Å². The Morgan fingerprint density at radius 3 is 2.48 bits per heavy atom. The largest absolute Gasteiger partial charge is 0.497 e. The summed E-state index contributed by atoms with van der Waals surface area (Å²) in [5, 5.41) is 9.18. The Balaban J connectivity index is 3.34. The quantitative estimate of drug-likeness (QED) is 0.797. The van der Waals surface area contributed by atoms with Gasteiger partial charge in [-0.15, -0.1) is 0 Å². The molecule has 0 amide bonds. The van der Waals surface area contributed by atoms with E-state index in [9.17, 15) is 13.5 Å². The first-order valence-corrected chi connectivity index (χ1v) is 8.62. The van der Waals surface area contributed by atoms with Gasteiger partial charge in [-0.2, -0.15) is 4.31 Å². The van der Waals surface area contributed by atoms with Gasteiger partial charge in [-0.3, -0.25) is 0 Å². The summed E-state index contributed by atoms with van der Waals surface area (Å²) in [4.78, 5) is 0.250. The second kappa shape index (κ2) is 7.77. The van der Waals surface area contributed by atoms with Crippen LogP contribution in [0.3, 0.4) is 0 Å². The standard InChI is InChI=1S/C15H25NO4S/c1-5-9-16(12(2)3)21(18,19)15-7-6-14(20-4)11-13(15)8-10-17/h6-7,11-12,17H,5,8-10H2,1-4H3. The number of methoxy groups -OCH3 is 1. The van der Waals surface area contributed by atoms with Crippen LogP contribution in [0, 0.1) is 0 Å². The molecule has 21 heavy (non-hydrogen) atoms. The third-order valence-electron chi connectivity index (χ3n) is 3.26. The SMILES string of the molecule is CCCN(C(C)C)S(=O)(=O)c1ccc(OC)cc1CCO. The molecule has 1 aromatic carbocycles. The van der Waals surface area contributed by atoms with E-state index >= 15 is 0 Å². The Hall–Kier alpha value is -1.11. The lowest BCUT2D eigenvalue weighted by Crippen LogP contribution is -2.38. The van der Waals surface area contributed by atoms with Gasteiger partial charge in [0.25, 0.3) is 0 Å². The molecule has 0 atom stereocenters. The Kier molecular flexibility index (Phi) is 6.64. The van der Waals surface area contributed by atoms with Crippen LogP contribution in [0.25, 0.3) is 0 Å². The predicted molar refractivity (Wildman–Crippen MR) is 83.1 cm³/mol. The van der Waals surface area contributed by atoms with Gasteiger partial charge in [-0.1, -0.05) is 6.92 Å². The molecule has 0 bridgehead atoms. The zero-order valence-electron chi connectivity index (χ0n) is 13.2. The van der Waals surface area contributed by atoms with E-state index in [1.54, 1.807) is 18.2 Å². The minimum absolute atomic E-state index is 0.106. The van der Waals surface area contributed by atoms with E-state index in [2.05, 4.69) is 0 Å². The number of nitrogens with zero attached hydrogens (tertiary/aromatic N) is 1. The predicted octanol–water partition coefficient (Wildman–Crippen LogP) is 2.04. The highest BCUT2D eigenvalue weighted by Gasteiger charge is 2.28. The van der Waals surface area contributed by atoms with Crippen molar-refractivity contribution >= 4 is 10.0 Å². The maximum atomic E-state index is 12.9. The molecular formula is C15H25NO4S. The van der Waals surface area contributed by atoms with Crippen LogP contribution in [-0.4, -0.2) is 44.1 Å². The lowest BCUT2D eigenvalue weighted by atomic mass is 10.1. The Morgan fingerprint density at radius 1 is 1.33 bits per heavy atom. The normalized spacial score (nSPS) is 12.1. The van der Waals surface area contributed by atoms with Crippen molar-refractivity contribution in [1.82, 2.24) is 4.31 Å². The second-order valence-electron chi connectivity index (χ2n) is 5.16. The maximum Gasteiger partial charge on any atom is 0.243 e. The Morgan fingerprint density at radius 2 is 2.00 bits per heavy atom. The number of rotatable bonds is 8. The van der Waals surface area contributed by atoms with Gasteiger partial charge in [-0.25, -0.2) is 8.42 Å².